The number of hydrogen-bond acceptors (Lipinski definition) is 12. The van der Waals surface area contributed by atoms with Gasteiger partial charge in [0.05, 0.1) is 33.1 Å². The number of halogens is 2. The molecule has 0 saturated carbocycles. The Morgan fingerprint density at radius 3 is 2.31 bits per heavy atom. The van der Waals surface area contributed by atoms with E-state index in [1.54, 1.807) is 59.7 Å². The molecule has 3 aromatic rings. The van der Waals surface area contributed by atoms with Crippen LogP contribution in [-0.4, -0.2) is 75.0 Å². The summed E-state index contributed by atoms with van der Waals surface area (Å²) in [5.74, 6) is -2.23. The van der Waals surface area contributed by atoms with Gasteiger partial charge >= 0.3 is 12.2 Å². The van der Waals surface area contributed by atoms with E-state index < -0.39 is 56.3 Å². The number of rotatable bonds is 15. The van der Waals surface area contributed by atoms with Crippen molar-refractivity contribution in [3.63, 3.8) is 0 Å². The first-order valence-electron chi connectivity index (χ1n) is 15.1. The maximum atomic E-state index is 15.7. The first-order chi connectivity index (χ1) is 22.9. The molecule has 49 heavy (non-hydrogen) atoms. The summed E-state index contributed by atoms with van der Waals surface area (Å²) < 4.78 is 84.9. The molecule has 3 N–H and O–H groups in total. The number of sulfonamides is 1. The summed E-state index contributed by atoms with van der Waals surface area (Å²) in [7, 11) is -1.89. The highest BCUT2D eigenvalue weighted by Crippen LogP contribution is 2.33. The van der Waals surface area contributed by atoms with Crippen LogP contribution in [0.25, 0.3) is 0 Å². The standard InChI is InChI=1S/C31H42F2N6O8S2/c1-18(2)37-29(40)46-16-21(19(3)38-30(41)47-31(4,5)6)14-34-25-12-24(33)27(13-23(25)32)49(42,43)39(28-35-17-36-48-28)15-20-9-10-22(44-7)11-26(20)45-8/h9-13,17-19,21,34H,14-16H2,1-8H3,(H,37,40)(H,38,41)/t19-,21?/m1/s1. The highest BCUT2D eigenvalue weighted by molar-refractivity contribution is 7.93. The van der Waals surface area contributed by atoms with Crippen LogP contribution in [0.15, 0.2) is 41.6 Å². The van der Waals surface area contributed by atoms with Gasteiger partial charge in [0.25, 0.3) is 10.0 Å². The Morgan fingerprint density at radius 1 is 1.00 bits per heavy atom. The van der Waals surface area contributed by atoms with Crippen molar-refractivity contribution in [2.24, 2.45) is 5.92 Å². The van der Waals surface area contributed by atoms with E-state index in [9.17, 15) is 18.0 Å². The minimum atomic E-state index is -4.75. The first kappa shape index (κ1) is 39.0. The van der Waals surface area contributed by atoms with E-state index in [1.165, 1.54) is 14.2 Å². The van der Waals surface area contributed by atoms with E-state index in [0.717, 1.165) is 22.2 Å². The van der Waals surface area contributed by atoms with Gasteiger partial charge in [-0.05, 0) is 59.7 Å². The fraction of sp³-hybridized carbons (Fsp3) is 0.484. The van der Waals surface area contributed by atoms with Gasteiger partial charge < -0.3 is 34.9 Å². The Morgan fingerprint density at radius 2 is 1.71 bits per heavy atom. The Hall–Kier alpha value is -4.45. The van der Waals surface area contributed by atoms with Crippen molar-refractivity contribution < 1.29 is 45.7 Å². The van der Waals surface area contributed by atoms with Crippen LogP contribution in [0.2, 0.25) is 0 Å². The molecule has 0 aliphatic rings. The van der Waals surface area contributed by atoms with Crippen molar-refractivity contribution in [2.75, 3.05) is 37.0 Å². The van der Waals surface area contributed by atoms with Crippen LogP contribution in [0.5, 0.6) is 11.5 Å². The van der Waals surface area contributed by atoms with Crippen LogP contribution in [0.4, 0.5) is 29.2 Å². The number of amides is 2. The second-order valence-electron chi connectivity index (χ2n) is 12.1. The molecule has 3 rings (SSSR count). The highest BCUT2D eigenvalue weighted by Gasteiger charge is 2.33. The van der Waals surface area contributed by atoms with Crippen molar-refractivity contribution in [1.82, 2.24) is 20.0 Å². The van der Waals surface area contributed by atoms with Crippen LogP contribution in [0, 0.1) is 17.6 Å². The predicted octanol–water partition coefficient (Wildman–Crippen LogP) is 5.30. The van der Waals surface area contributed by atoms with Gasteiger partial charge in [0, 0.05) is 53.8 Å². The van der Waals surface area contributed by atoms with E-state index in [-0.39, 0.29) is 36.6 Å². The fourth-order valence-corrected chi connectivity index (χ4v) is 6.53. The molecule has 1 heterocycles. The number of hydrogen-bond donors (Lipinski definition) is 3. The number of benzene rings is 2. The summed E-state index contributed by atoms with van der Waals surface area (Å²) in [6, 6.07) is 5.14. The van der Waals surface area contributed by atoms with Gasteiger partial charge in [0.1, 0.15) is 40.0 Å². The molecule has 1 unspecified atom stereocenters. The minimum absolute atomic E-state index is 0.0873. The largest absolute Gasteiger partial charge is 0.497 e. The number of carbonyl (C=O) groups is 2. The van der Waals surface area contributed by atoms with Crippen molar-refractivity contribution in [3.05, 3.63) is 53.9 Å². The van der Waals surface area contributed by atoms with Crippen molar-refractivity contribution in [2.45, 2.75) is 70.7 Å². The van der Waals surface area contributed by atoms with Gasteiger partial charge in [0.2, 0.25) is 5.13 Å². The zero-order valence-corrected chi connectivity index (χ0v) is 30.1. The number of nitrogens with one attached hydrogen (secondary N) is 3. The Bertz CT molecular complexity index is 1690. The molecule has 0 spiro atoms. The third-order valence-electron chi connectivity index (χ3n) is 6.80. The summed E-state index contributed by atoms with van der Waals surface area (Å²) in [5.41, 5.74) is -0.747. The molecule has 2 amide bonds. The van der Waals surface area contributed by atoms with Gasteiger partial charge in [-0.2, -0.15) is 4.37 Å². The van der Waals surface area contributed by atoms with Gasteiger partial charge in [-0.15, -0.1) is 0 Å². The summed E-state index contributed by atoms with van der Waals surface area (Å²) in [6.45, 7) is 9.52. The molecule has 2 aromatic carbocycles. The van der Waals surface area contributed by atoms with E-state index in [0.29, 0.717) is 29.2 Å². The number of nitrogens with zero attached hydrogens (tertiary/aromatic N) is 3. The van der Waals surface area contributed by atoms with Gasteiger partial charge in [0.15, 0.2) is 0 Å². The van der Waals surface area contributed by atoms with Crippen LogP contribution in [0.3, 0.4) is 0 Å². The molecule has 1 aromatic heterocycles. The summed E-state index contributed by atoms with van der Waals surface area (Å²) in [6.07, 6.45) is -0.289. The smallest absolute Gasteiger partial charge is 0.407 e. The monoisotopic (exact) mass is 728 g/mol. The Balaban J connectivity index is 1.88. The molecule has 0 fully saturated rings. The summed E-state index contributed by atoms with van der Waals surface area (Å²) in [4.78, 5) is 27.6. The van der Waals surface area contributed by atoms with Gasteiger partial charge in [-0.3, -0.25) is 0 Å². The van der Waals surface area contributed by atoms with Crippen molar-refractivity contribution >= 4 is 44.6 Å². The lowest BCUT2D eigenvalue weighted by Crippen LogP contribution is -2.45. The lowest BCUT2D eigenvalue weighted by atomic mass is 10.0. The predicted molar refractivity (Wildman–Crippen MR) is 180 cm³/mol. The molecule has 14 nitrogen and oxygen atoms in total. The van der Waals surface area contributed by atoms with E-state index in [1.807, 2.05) is 0 Å². The van der Waals surface area contributed by atoms with Gasteiger partial charge in [-0.25, -0.2) is 36.1 Å². The third kappa shape index (κ3) is 11.0. The summed E-state index contributed by atoms with van der Waals surface area (Å²) in [5, 5.41) is 7.90. The highest BCUT2D eigenvalue weighted by atomic mass is 32.2. The Kier molecular flexibility index (Phi) is 13.4. The molecule has 2 atom stereocenters. The molecular weight excluding hydrogens is 687 g/mol. The molecule has 0 saturated heterocycles. The number of alkyl carbamates (subject to hydrolysis) is 2. The molecular formula is C31H42F2N6O8S2. The van der Waals surface area contributed by atoms with Crippen molar-refractivity contribution in [1.29, 1.82) is 0 Å². The molecule has 0 aliphatic heterocycles. The molecule has 270 valence electrons. The SMILES string of the molecule is COc1ccc(CN(c2ncns2)S(=O)(=O)c2cc(F)c(NCC(COC(=O)NC(C)C)[C@@H](C)NC(=O)OC(C)(C)C)cc2F)c(OC)c1. The second kappa shape index (κ2) is 16.8. The van der Waals surface area contributed by atoms with Crippen LogP contribution in [0.1, 0.15) is 47.1 Å². The topological polar surface area (TPSA) is 170 Å². The number of ether oxygens (including phenoxy) is 4. The van der Waals surface area contributed by atoms with Crippen LogP contribution < -0.4 is 29.7 Å². The zero-order valence-electron chi connectivity index (χ0n) is 28.5. The lowest BCUT2D eigenvalue weighted by Gasteiger charge is -2.27. The number of carbonyl (C=O) groups excluding carboxylic acids is 2. The average Bonchev–Trinajstić information content (AvgIpc) is 3.54. The zero-order chi connectivity index (χ0) is 36.5. The lowest BCUT2D eigenvalue weighted by molar-refractivity contribution is 0.0476. The quantitative estimate of drug-likeness (QED) is 0.186. The average molecular weight is 729 g/mol. The maximum Gasteiger partial charge on any atom is 0.407 e. The van der Waals surface area contributed by atoms with Crippen LogP contribution >= 0.6 is 11.5 Å². The van der Waals surface area contributed by atoms with Crippen molar-refractivity contribution in [3.8, 4) is 11.5 Å². The van der Waals surface area contributed by atoms with E-state index in [2.05, 4.69) is 25.3 Å². The number of anilines is 2. The minimum Gasteiger partial charge on any atom is -0.497 e. The Labute approximate surface area is 288 Å². The first-order valence-corrected chi connectivity index (χ1v) is 17.3. The summed E-state index contributed by atoms with van der Waals surface area (Å²) >= 11 is 0.749. The normalized spacial score (nSPS) is 12.9. The molecule has 0 radical (unpaired) electrons. The fourth-order valence-electron chi connectivity index (χ4n) is 4.34. The van der Waals surface area contributed by atoms with Gasteiger partial charge in [-0.1, -0.05) is 0 Å². The van der Waals surface area contributed by atoms with E-state index in [4.69, 9.17) is 18.9 Å². The second-order valence-corrected chi connectivity index (χ2v) is 14.7. The molecule has 18 heteroatoms. The maximum absolute atomic E-state index is 15.7. The molecule has 0 aliphatic carbocycles. The van der Waals surface area contributed by atoms with E-state index >= 15 is 8.78 Å². The third-order valence-corrected chi connectivity index (χ3v) is 9.36. The number of aromatic nitrogens is 2. The molecule has 0 bridgehead atoms. The number of methoxy groups -OCH3 is 2. The van der Waals surface area contributed by atoms with Crippen LogP contribution in [-0.2, 0) is 26.0 Å².